The van der Waals surface area contributed by atoms with Gasteiger partial charge in [0.05, 0.1) is 24.7 Å². The number of carbonyl (C=O) groups excluding carboxylic acids is 2. The van der Waals surface area contributed by atoms with E-state index in [4.69, 9.17) is 16.9 Å². The number of rotatable bonds is 6. The van der Waals surface area contributed by atoms with Gasteiger partial charge in [-0.1, -0.05) is 11.6 Å². The molecule has 0 heterocycles. The predicted molar refractivity (Wildman–Crippen MR) is 97.4 cm³/mol. The van der Waals surface area contributed by atoms with E-state index < -0.39 is 0 Å². The lowest BCUT2D eigenvalue weighted by Crippen LogP contribution is -2.36. The minimum Gasteiger partial charge on any atom is -0.325 e. The summed E-state index contributed by atoms with van der Waals surface area (Å²) >= 11 is 5.79. The number of anilines is 2. The Hall–Kier alpha value is -2.88. The molecule has 0 aliphatic rings. The van der Waals surface area contributed by atoms with Gasteiger partial charge < -0.3 is 10.6 Å². The molecule has 2 amide bonds. The minimum absolute atomic E-state index is 0.0635. The van der Waals surface area contributed by atoms with Crippen LogP contribution in [0.15, 0.2) is 48.5 Å². The van der Waals surface area contributed by atoms with E-state index in [9.17, 15) is 9.59 Å². The van der Waals surface area contributed by atoms with Crippen LogP contribution in [0, 0.1) is 11.3 Å². The largest absolute Gasteiger partial charge is 0.325 e. The predicted octanol–water partition coefficient (Wildman–Crippen LogP) is 2.72. The number of nitriles is 1. The van der Waals surface area contributed by atoms with E-state index in [0.717, 1.165) is 0 Å². The van der Waals surface area contributed by atoms with E-state index in [2.05, 4.69) is 10.6 Å². The van der Waals surface area contributed by atoms with Gasteiger partial charge >= 0.3 is 0 Å². The number of nitrogens with zero attached hydrogens (tertiary/aromatic N) is 2. The van der Waals surface area contributed by atoms with Crippen molar-refractivity contribution in [3.05, 3.63) is 59.1 Å². The maximum absolute atomic E-state index is 12.0. The molecule has 0 spiro atoms. The molecule has 7 heteroatoms. The van der Waals surface area contributed by atoms with Gasteiger partial charge in [-0.3, -0.25) is 14.5 Å². The number of amides is 2. The van der Waals surface area contributed by atoms with Crippen LogP contribution in [-0.2, 0) is 9.59 Å². The third-order valence-electron chi connectivity index (χ3n) is 3.25. The van der Waals surface area contributed by atoms with Gasteiger partial charge in [-0.05, 0) is 55.6 Å². The van der Waals surface area contributed by atoms with Crippen molar-refractivity contribution in [2.75, 3.05) is 30.8 Å². The highest BCUT2D eigenvalue weighted by Gasteiger charge is 2.11. The summed E-state index contributed by atoms with van der Waals surface area (Å²) in [6.45, 7) is 0.136. The molecule has 0 aromatic heterocycles. The molecular formula is C18H17ClN4O2. The van der Waals surface area contributed by atoms with Gasteiger partial charge in [0.1, 0.15) is 0 Å². The maximum Gasteiger partial charge on any atom is 0.238 e. The number of benzene rings is 2. The van der Waals surface area contributed by atoms with Crippen molar-refractivity contribution in [2.24, 2.45) is 0 Å². The molecule has 2 aromatic rings. The van der Waals surface area contributed by atoms with Gasteiger partial charge in [0.15, 0.2) is 0 Å². The lowest BCUT2D eigenvalue weighted by atomic mass is 10.2. The van der Waals surface area contributed by atoms with Crippen LogP contribution in [0.4, 0.5) is 11.4 Å². The zero-order valence-electron chi connectivity index (χ0n) is 13.6. The van der Waals surface area contributed by atoms with E-state index in [1.165, 1.54) is 0 Å². The van der Waals surface area contributed by atoms with Crippen molar-refractivity contribution < 1.29 is 9.59 Å². The molecule has 2 N–H and O–H groups in total. The summed E-state index contributed by atoms with van der Waals surface area (Å²) in [6, 6.07) is 15.4. The number of likely N-dealkylation sites (N-methyl/N-ethyl adjacent to an activating group) is 1. The Kier molecular flexibility index (Phi) is 6.52. The molecule has 0 radical (unpaired) electrons. The van der Waals surface area contributed by atoms with Gasteiger partial charge in [-0.2, -0.15) is 5.26 Å². The van der Waals surface area contributed by atoms with Crippen LogP contribution in [0.1, 0.15) is 5.56 Å². The lowest BCUT2D eigenvalue weighted by molar-refractivity contribution is -0.119. The number of nitrogens with one attached hydrogen (secondary N) is 2. The molecule has 0 unspecified atom stereocenters. The van der Waals surface area contributed by atoms with Crippen LogP contribution in [0.2, 0.25) is 5.02 Å². The number of carbonyl (C=O) groups is 2. The summed E-state index contributed by atoms with van der Waals surface area (Å²) in [5.41, 5.74) is 1.77. The highest BCUT2D eigenvalue weighted by Crippen LogP contribution is 2.13. The first-order chi connectivity index (χ1) is 12.0. The van der Waals surface area contributed by atoms with Crippen LogP contribution < -0.4 is 10.6 Å². The highest BCUT2D eigenvalue weighted by molar-refractivity contribution is 6.30. The molecule has 0 aliphatic heterocycles. The lowest BCUT2D eigenvalue weighted by Gasteiger charge is -2.16. The first kappa shape index (κ1) is 18.5. The molecule has 2 rings (SSSR count). The van der Waals surface area contributed by atoms with Crippen molar-refractivity contribution in [2.45, 2.75) is 0 Å². The van der Waals surface area contributed by atoms with E-state index in [1.807, 2.05) is 6.07 Å². The van der Waals surface area contributed by atoms with Crippen molar-refractivity contribution in [1.29, 1.82) is 5.26 Å². The van der Waals surface area contributed by atoms with Gasteiger partial charge in [-0.15, -0.1) is 0 Å². The van der Waals surface area contributed by atoms with Gasteiger partial charge in [-0.25, -0.2) is 0 Å². The third kappa shape index (κ3) is 6.26. The standard InChI is InChI=1S/C18H17ClN4O2/c1-23(12-18(25)22-16-8-4-14(19)5-9-16)11-17(24)21-15-6-2-13(10-20)3-7-15/h2-9H,11-12H2,1H3,(H,21,24)(H,22,25). The molecule has 25 heavy (non-hydrogen) atoms. The summed E-state index contributed by atoms with van der Waals surface area (Å²) in [5, 5.41) is 14.8. The number of hydrogen-bond donors (Lipinski definition) is 2. The molecule has 0 fully saturated rings. The zero-order valence-corrected chi connectivity index (χ0v) is 14.4. The average molecular weight is 357 g/mol. The van der Waals surface area contributed by atoms with Gasteiger partial charge in [0, 0.05) is 16.4 Å². The molecule has 0 saturated heterocycles. The SMILES string of the molecule is CN(CC(=O)Nc1ccc(Cl)cc1)CC(=O)Nc1ccc(C#N)cc1. The first-order valence-corrected chi connectivity index (χ1v) is 7.88. The Balaban J connectivity index is 1.79. The fourth-order valence-electron chi connectivity index (χ4n) is 2.11. The second-order valence-corrected chi connectivity index (χ2v) is 5.90. The Morgan fingerprint density at radius 1 is 0.960 bits per heavy atom. The number of halogens is 1. The molecule has 6 nitrogen and oxygen atoms in total. The molecule has 0 bridgehead atoms. The minimum atomic E-state index is -0.244. The fourth-order valence-corrected chi connectivity index (χ4v) is 2.23. The van der Waals surface area contributed by atoms with Crippen LogP contribution in [0.25, 0.3) is 0 Å². The second kappa shape index (κ2) is 8.83. The molecule has 128 valence electrons. The summed E-state index contributed by atoms with van der Waals surface area (Å²) in [7, 11) is 1.68. The highest BCUT2D eigenvalue weighted by atomic mass is 35.5. The average Bonchev–Trinajstić information content (AvgIpc) is 2.57. The van der Waals surface area contributed by atoms with E-state index in [0.29, 0.717) is 22.0 Å². The Bertz CT molecular complexity index is 782. The topological polar surface area (TPSA) is 85.2 Å². The number of hydrogen-bond acceptors (Lipinski definition) is 4. The fraction of sp³-hybridized carbons (Fsp3) is 0.167. The van der Waals surface area contributed by atoms with E-state index >= 15 is 0 Å². The van der Waals surface area contributed by atoms with Crippen LogP contribution >= 0.6 is 11.6 Å². The Morgan fingerprint density at radius 2 is 1.40 bits per heavy atom. The van der Waals surface area contributed by atoms with Crippen molar-refractivity contribution >= 4 is 34.8 Å². The zero-order chi connectivity index (χ0) is 18.2. The van der Waals surface area contributed by atoms with Crippen molar-refractivity contribution in [1.82, 2.24) is 4.90 Å². The maximum atomic E-state index is 12.0. The van der Waals surface area contributed by atoms with Gasteiger partial charge in [0.2, 0.25) is 11.8 Å². The first-order valence-electron chi connectivity index (χ1n) is 7.50. The third-order valence-corrected chi connectivity index (χ3v) is 3.50. The molecule has 0 saturated carbocycles. The van der Waals surface area contributed by atoms with Gasteiger partial charge in [0.25, 0.3) is 0 Å². The van der Waals surface area contributed by atoms with E-state index in [1.54, 1.807) is 60.5 Å². The Labute approximate surface area is 151 Å². The summed E-state index contributed by atoms with van der Waals surface area (Å²) in [5.74, 6) is -0.470. The molecule has 0 aliphatic carbocycles. The van der Waals surface area contributed by atoms with Crippen LogP contribution in [0.5, 0.6) is 0 Å². The summed E-state index contributed by atoms with van der Waals surface area (Å²) < 4.78 is 0. The van der Waals surface area contributed by atoms with E-state index in [-0.39, 0.29) is 24.9 Å². The second-order valence-electron chi connectivity index (χ2n) is 5.46. The van der Waals surface area contributed by atoms with Crippen LogP contribution in [-0.4, -0.2) is 36.9 Å². The van der Waals surface area contributed by atoms with Crippen molar-refractivity contribution in [3.63, 3.8) is 0 Å². The van der Waals surface area contributed by atoms with Crippen LogP contribution in [0.3, 0.4) is 0 Å². The molecular weight excluding hydrogens is 340 g/mol. The molecule has 2 aromatic carbocycles. The quantitative estimate of drug-likeness (QED) is 0.833. The Morgan fingerprint density at radius 3 is 1.84 bits per heavy atom. The summed E-state index contributed by atoms with van der Waals surface area (Å²) in [6.07, 6.45) is 0. The smallest absolute Gasteiger partial charge is 0.238 e. The molecule has 0 atom stereocenters. The monoisotopic (exact) mass is 356 g/mol. The van der Waals surface area contributed by atoms with Crippen molar-refractivity contribution in [3.8, 4) is 6.07 Å². The normalized spacial score (nSPS) is 10.2. The summed E-state index contributed by atoms with van der Waals surface area (Å²) in [4.78, 5) is 25.6.